The van der Waals surface area contributed by atoms with Gasteiger partial charge in [0.1, 0.15) is 12.8 Å². The molecule has 0 bridgehead atoms. The van der Waals surface area contributed by atoms with Crippen molar-refractivity contribution in [2.45, 2.75) is 20.1 Å². The number of hydrogen-bond acceptors (Lipinski definition) is 5. The highest BCUT2D eigenvalue weighted by molar-refractivity contribution is 5.69. The Labute approximate surface area is 65.3 Å². The molecule has 0 aliphatic carbocycles. The fourth-order valence-corrected chi connectivity index (χ4v) is 0.339. The van der Waals surface area contributed by atoms with Gasteiger partial charge in [0.05, 0.1) is 0 Å². The number of carbonyl (C=O) groups excluding carboxylic acids is 1. The van der Waals surface area contributed by atoms with Gasteiger partial charge in [0, 0.05) is 6.61 Å². The first-order chi connectivity index (χ1) is 5.16. The first-order valence-electron chi connectivity index (χ1n) is 3.36. The molecule has 0 rings (SSSR count). The van der Waals surface area contributed by atoms with Gasteiger partial charge >= 0.3 is 5.97 Å². The summed E-state index contributed by atoms with van der Waals surface area (Å²) < 4.78 is 4.73. The molecule has 0 saturated carbocycles. The van der Waals surface area contributed by atoms with E-state index in [-0.39, 0.29) is 6.61 Å². The smallest absolute Gasteiger partial charge is 0.367 e. The lowest BCUT2D eigenvalue weighted by atomic mass is 10.7. The summed E-state index contributed by atoms with van der Waals surface area (Å²) in [6.45, 7) is 3.68. The standard InChI is InChI=1S/C6H13NO4/c1-3-9-4-6(8)11-10-5(2)7/h5H,3-4,7H2,1-2H3. The predicted octanol–water partition coefficient (Wildman–Crippen LogP) is -0.198. The molecule has 0 aromatic heterocycles. The quantitative estimate of drug-likeness (QED) is 0.345. The van der Waals surface area contributed by atoms with Crippen LogP contribution < -0.4 is 5.73 Å². The van der Waals surface area contributed by atoms with E-state index < -0.39 is 12.2 Å². The molecular formula is C6H13NO4. The number of ether oxygens (including phenoxy) is 1. The molecule has 2 N–H and O–H groups in total. The highest BCUT2D eigenvalue weighted by Crippen LogP contribution is 1.85. The van der Waals surface area contributed by atoms with Crippen LogP contribution in [-0.2, 0) is 19.3 Å². The lowest BCUT2D eigenvalue weighted by Gasteiger charge is -2.05. The molecule has 1 atom stereocenters. The van der Waals surface area contributed by atoms with Crippen molar-refractivity contribution in [1.82, 2.24) is 0 Å². The molecule has 0 aromatic carbocycles. The van der Waals surface area contributed by atoms with Crippen LogP contribution in [0.4, 0.5) is 0 Å². The zero-order valence-corrected chi connectivity index (χ0v) is 6.70. The molecule has 5 heteroatoms. The van der Waals surface area contributed by atoms with E-state index >= 15 is 0 Å². The van der Waals surface area contributed by atoms with Crippen LogP contribution in [0.15, 0.2) is 0 Å². The molecule has 0 fully saturated rings. The summed E-state index contributed by atoms with van der Waals surface area (Å²) >= 11 is 0. The largest absolute Gasteiger partial charge is 0.370 e. The Balaban J connectivity index is 3.23. The van der Waals surface area contributed by atoms with Crippen LogP contribution in [0.1, 0.15) is 13.8 Å². The van der Waals surface area contributed by atoms with E-state index in [4.69, 9.17) is 10.5 Å². The number of nitrogens with two attached hydrogens (primary N) is 1. The third kappa shape index (κ3) is 7.24. The number of carbonyl (C=O) groups is 1. The molecule has 0 saturated heterocycles. The molecule has 0 radical (unpaired) electrons. The molecule has 1 unspecified atom stereocenters. The molecule has 0 amide bonds. The van der Waals surface area contributed by atoms with E-state index in [1.165, 1.54) is 0 Å². The van der Waals surface area contributed by atoms with Gasteiger partial charge in [0.2, 0.25) is 0 Å². The molecular weight excluding hydrogens is 150 g/mol. The minimum atomic E-state index is -0.611. The Morgan fingerprint density at radius 1 is 1.64 bits per heavy atom. The second-order valence-corrected chi connectivity index (χ2v) is 1.89. The van der Waals surface area contributed by atoms with Crippen LogP contribution in [0.25, 0.3) is 0 Å². The van der Waals surface area contributed by atoms with Crippen LogP contribution in [0, 0.1) is 0 Å². The van der Waals surface area contributed by atoms with Gasteiger partial charge in [-0.3, -0.25) is 4.89 Å². The fourth-order valence-electron chi connectivity index (χ4n) is 0.339. The van der Waals surface area contributed by atoms with Crippen LogP contribution in [0.2, 0.25) is 0 Å². The highest BCUT2D eigenvalue weighted by Gasteiger charge is 2.04. The Hall–Kier alpha value is -0.650. The molecule has 0 heterocycles. The number of hydrogen-bond donors (Lipinski definition) is 1. The summed E-state index contributed by atoms with van der Waals surface area (Å²) in [5.41, 5.74) is 5.13. The molecule has 5 nitrogen and oxygen atoms in total. The third-order valence-electron chi connectivity index (χ3n) is 0.717. The normalized spacial score (nSPS) is 12.6. The SMILES string of the molecule is CCOCC(=O)OOC(C)N. The van der Waals surface area contributed by atoms with Gasteiger partial charge < -0.3 is 10.5 Å². The van der Waals surface area contributed by atoms with Crippen molar-refractivity contribution in [2.75, 3.05) is 13.2 Å². The monoisotopic (exact) mass is 163 g/mol. The molecule has 0 aliphatic rings. The topological polar surface area (TPSA) is 70.8 Å². The van der Waals surface area contributed by atoms with E-state index in [9.17, 15) is 4.79 Å². The summed E-state index contributed by atoms with van der Waals surface area (Å²) in [6, 6.07) is 0. The molecule has 0 spiro atoms. The lowest BCUT2D eigenvalue weighted by molar-refractivity contribution is -0.295. The maximum atomic E-state index is 10.6. The van der Waals surface area contributed by atoms with Crippen molar-refractivity contribution in [3.63, 3.8) is 0 Å². The van der Waals surface area contributed by atoms with E-state index in [0.29, 0.717) is 6.61 Å². The van der Waals surface area contributed by atoms with Crippen molar-refractivity contribution in [3.05, 3.63) is 0 Å². The van der Waals surface area contributed by atoms with E-state index in [0.717, 1.165) is 0 Å². The zero-order chi connectivity index (χ0) is 8.69. The van der Waals surface area contributed by atoms with Crippen molar-refractivity contribution < 1.29 is 19.3 Å². The van der Waals surface area contributed by atoms with Gasteiger partial charge in [-0.1, -0.05) is 0 Å². The van der Waals surface area contributed by atoms with Gasteiger partial charge in [0.25, 0.3) is 0 Å². The molecule has 11 heavy (non-hydrogen) atoms. The van der Waals surface area contributed by atoms with E-state index in [1.807, 2.05) is 0 Å². The van der Waals surface area contributed by atoms with Gasteiger partial charge in [-0.25, -0.2) is 4.79 Å². The summed E-state index contributed by atoms with van der Waals surface area (Å²) in [4.78, 5) is 19.1. The van der Waals surface area contributed by atoms with Crippen molar-refractivity contribution in [1.29, 1.82) is 0 Å². The summed E-state index contributed by atoms with van der Waals surface area (Å²) in [5.74, 6) is -0.579. The summed E-state index contributed by atoms with van der Waals surface area (Å²) in [6.07, 6.45) is -0.611. The number of rotatable bonds is 5. The zero-order valence-electron chi connectivity index (χ0n) is 6.70. The molecule has 0 aromatic rings. The van der Waals surface area contributed by atoms with Crippen molar-refractivity contribution in [2.24, 2.45) is 5.73 Å². The Morgan fingerprint density at radius 3 is 2.73 bits per heavy atom. The maximum absolute atomic E-state index is 10.6. The minimum absolute atomic E-state index is 0.108. The van der Waals surface area contributed by atoms with Gasteiger partial charge in [-0.15, -0.1) is 0 Å². The van der Waals surface area contributed by atoms with Crippen molar-refractivity contribution in [3.8, 4) is 0 Å². The van der Waals surface area contributed by atoms with Crippen LogP contribution >= 0.6 is 0 Å². The van der Waals surface area contributed by atoms with Gasteiger partial charge in [-0.05, 0) is 13.8 Å². The van der Waals surface area contributed by atoms with Crippen LogP contribution in [0.3, 0.4) is 0 Å². The Morgan fingerprint density at radius 2 is 2.27 bits per heavy atom. The average molecular weight is 163 g/mol. The Kier molecular flexibility index (Phi) is 5.73. The summed E-state index contributed by atoms with van der Waals surface area (Å²) in [5, 5.41) is 0. The second-order valence-electron chi connectivity index (χ2n) is 1.89. The molecule has 0 aliphatic heterocycles. The van der Waals surface area contributed by atoms with Crippen LogP contribution in [-0.4, -0.2) is 25.4 Å². The van der Waals surface area contributed by atoms with E-state index in [2.05, 4.69) is 9.78 Å². The second kappa shape index (κ2) is 6.09. The van der Waals surface area contributed by atoms with E-state index in [1.54, 1.807) is 13.8 Å². The third-order valence-corrected chi connectivity index (χ3v) is 0.717. The van der Waals surface area contributed by atoms with Gasteiger partial charge in [-0.2, -0.15) is 4.89 Å². The first kappa shape index (κ1) is 10.3. The predicted molar refractivity (Wildman–Crippen MR) is 37.3 cm³/mol. The lowest BCUT2D eigenvalue weighted by Crippen LogP contribution is -2.23. The van der Waals surface area contributed by atoms with Crippen LogP contribution in [0.5, 0.6) is 0 Å². The first-order valence-corrected chi connectivity index (χ1v) is 3.36. The van der Waals surface area contributed by atoms with Crippen molar-refractivity contribution >= 4 is 5.97 Å². The Bertz CT molecular complexity index is 115. The minimum Gasteiger partial charge on any atom is -0.370 e. The fraction of sp³-hybridized carbons (Fsp3) is 0.833. The summed E-state index contributed by atoms with van der Waals surface area (Å²) in [7, 11) is 0. The average Bonchev–Trinajstić information content (AvgIpc) is 1.97. The maximum Gasteiger partial charge on any atom is 0.367 e. The molecule has 66 valence electrons. The highest BCUT2D eigenvalue weighted by atomic mass is 17.2. The van der Waals surface area contributed by atoms with Gasteiger partial charge in [0.15, 0.2) is 0 Å².